The molecule has 27 heavy (non-hydrogen) atoms. The van der Waals surface area contributed by atoms with Crippen molar-refractivity contribution < 1.29 is 9.53 Å². The zero-order chi connectivity index (χ0) is 19.3. The lowest BCUT2D eigenvalue weighted by Gasteiger charge is -2.28. The van der Waals surface area contributed by atoms with E-state index in [1.54, 1.807) is 0 Å². The van der Waals surface area contributed by atoms with Crippen molar-refractivity contribution in [2.75, 3.05) is 11.9 Å². The van der Waals surface area contributed by atoms with Crippen molar-refractivity contribution in [3.63, 3.8) is 0 Å². The van der Waals surface area contributed by atoms with Crippen LogP contribution in [0.15, 0.2) is 49.6 Å². The second-order valence-corrected chi connectivity index (χ2v) is 8.02. The molecule has 0 bridgehead atoms. The van der Waals surface area contributed by atoms with Crippen LogP contribution in [0.1, 0.15) is 30.9 Å². The molecule has 0 radical (unpaired) electrons. The molecule has 2 aliphatic rings. The summed E-state index contributed by atoms with van der Waals surface area (Å²) in [7, 11) is 0. The Labute approximate surface area is 163 Å². The number of hydrogen-bond acceptors (Lipinski definition) is 5. The number of aromatic amines is 1. The lowest BCUT2D eigenvalue weighted by molar-refractivity contribution is -0.136. The number of esters is 1. The molecule has 4 rings (SSSR count). The number of carbonyl (C=O) groups excluding carboxylic acids is 1. The Morgan fingerprint density at radius 3 is 2.59 bits per heavy atom. The molecule has 0 amide bonds. The van der Waals surface area contributed by atoms with E-state index in [1.165, 1.54) is 4.57 Å². The fourth-order valence-electron chi connectivity index (χ4n) is 3.62. The number of aromatic nitrogens is 2. The Morgan fingerprint density at radius 2 is 1.93 bits per heavy atom. The van der Waals surface area contributed by atoms with E-state index in [1.807, 2.05) is 38.1 Å². The number of halogens is 1. The molecule has 1 atom stereocenters. The third kappa shape index (κ3) is 2.93. The third-order valence-corrected chi connectivity index (χ3v) is 5.25. The lowest BCUT2D eigenvalue weighted by atomic mass is 9.83. The number of hydrogen-bond donors (Lipinski definition) is 2. The van der Waals surface area contributed by atoms with Crippen LogP contribution in [0.3, 0.4) is 0 Å². The Kier molecular flexibility index (Phi) is 4.30. The highest BCUT2D eigenvalue weighted by Gasteiger charge is 2.41. The smallest absolute Gasteiger partial charge is 0.337 e. The molecule has 0 unspecified atom stereocenters. The van der Waals surface area contributed by atoms with Crippen LogP contribution in [0, 0.1) is 5.92 Å². The number of carbonyl (C=O) groups is 1. The summed E-state index contributed by atoms with van der Waals surface area (Å²) in [6, 6.07) is 7.43. The molecule has 1 aromatic carbocycles. The van der Waals surface area contributed by atoms with Gasteiger partial charge in [0.15, 0.2) is 0 Å². The fourth-order valence-corrected chi connectivity index (χ4v) is 3.88. The lowest BCUT2D eigenvalue weighted by Crippen LogP contribution is -2.39. The van der Waals surface area contributed by atoms with Crippen LogP contribution >= 0.6 is 15.9 Å². The number of cyclic esters (lactones) is 1. The Morgan fingerprint density at radius 1 is 1.22 bits per heavy atom. The van der Waals surface area contributed by atoms with Crippen molar-refractivity contribution in [1.82, 2.24) is 9.55 Å². The molecule has 0 aliphatic carbocycles. The van der Waals surface area contributed by atoms with Gasteiger partial charge < -0.3 is 10.1 Å². The quantitative estimate of drug-likeness (QED) is 0.727. The van der Waals surface area contributed by atoms with Crippen molar-refractivity contribution in [3.8, 4) is 0 Å². The minimum absolute atomic E-state index is 0.100. The second kappa shape index (κ2) is 6.53. The zero-order valence-electron chi connectivity index (χ0n) is 14.8. The summed E-state index contributed by atoms with van der Waals surface area (Å²) in [6.45, 7) is 4.52. The van der Waals surface area contributed by atoms with Gasteiger partial charge >= 0.3 is 11.7 Å². The van der Waals surface area contributed by atoms with Gasteiger partial charge in [0.2, 0.25) is 0 Å². The minimum Gasteiger partial charge on any atom is -0.456 e. The van der Waals surface area contributed by atoms with Gasteiger partial charge in [0, 0.05) is 11.0 Å². The molecule has 1 aromatic heterocycles. The number of nitrogens with one attached hydrogen (secondary N) is 2. The van der Waals surface area contributed by atoms with E-state index < -0.39 is 23.1 Å². The second-order valence-electron chi connectivity index (χ2n) is 7.10. The molecule has 0 saturated carbocycles. The number of rotatable bonds is 3. The highest BCUT2D eigenvalue weighted by Crippen LogP contribution is 2.42. The number of anilines is 1. The molecule has 2 aromatic rings. The molecule has 140 valence electrons. The third-order valence-electron chi connectivity index (χ3n) is 4.73. The van der Waals surface area contributed by atoms with Gasteiger partial charge in [-0.25, -0.2) is 9.59 Å². The average molecular weight is 432 g/mol. The van der Waals surface area contributed by atoms with Gasteiger partial charge in [-0.3, -0.25) is 14.3 Å². The van der Waals surface area contributed by atoms with Gasteiger partial charge in [0.1, 0.15) is 12.4 Å². The first kappa shape index (κ1) is 17.8. The van der Waals surface area contributed by atoms with Crippen molar-refractivity contribution in [2.45, 2.75) is 26.3 Å². The van der Waals surface area contributed by atoms with E-state index in [0.29, 0.717) is 29.2 Å². The topological polar surface area (TPSA) is 93.2 Å². The maximum absolute atomic E-state index is 12.8. The van der Waals surface area contributed by atoms with Crippen LogP contribution in [0.4, 0.5) is 5.82 Å². The number of H-pyrrole nitrogens is 1. The van der Waals surface area contributed by atoms with Crippen molar-refractivity contribution in [2.24, 2.45) is 5.92 Å². The van der Waals surface area contributed by atoms with Crippen LogP contribution in [0.5, 0.6) is 0 Å². The molecular formula is C19H18BrN3O4. The standard InChI is InChI=1S/C19H18BrN3O4/c1-9(2)7-23-16-15(17(24)22-19(23)26)13(10-3-5-11(20)6-4-10)14-12(21-16)8-27-18(14)25/h3-6,9,13,21H,7-8H2,1-2H3,(H,22,24,26)/t13-/m1/s1. The summed E-state index contributed by atoms with van der Waals surface area (Å²) in [5.74, 6) is -0.413. The maximum Gasteiger partial charge on any atom is 0.337 e. The summed E-state index contributed by atoms with van der Waals surface area (Å²) < 4.78 is 7.63. The van der Waals surface area contributed by atoms with Crippen molar-refractivity contribution in [1.29, 1.82) is 0 Å². The van der Waals surface area contributed by atoms with E-state index in [9.17, 15) is 14.4 Å². The van der Waals surface area contributed by atoms with Gasteiger partial charge in [0.05, 0.1) is 22.8 Å². The number of nitrogens with zero attached hydrogens (tertiary/aromatic N) is 1. The number of fused-ring (bicyclic) bond motifs is 1. The molecule has 0 fully saturated rings. The summed E-state index contributed by atoms with van der Waals surface area (Å²) in [5, 5.41) is 3.12. The van der Waals surface area contributed by atoms with E-state index in [0.717, 1.165) is 10.0 Å². The molecule has 0 spiro atoms. The van der Waals surface area contributed by atoms with E-state index in [2.05, 4.69) is 26.2 Å². The first-order valence-electron chi connectivity index (χ1n) is 8.66. The highest BCUT2D eigenvalue weighted by atomic mass is 79.9. The summed E-state index contributed by atoms with van der Waals surface area (Å²) in [5.41, 5.74) is 1.20. The predicted molar refractivity (Wildman–Crippen MR) is 104 cm³/mol. The highest BCUT2D eigenvalue weighted by molar-refractivity contribution is 9.10. The van der Waals surface area contributed by atoms with E-state index >= 15 is 0 Å². The monoisotopic (exact) mass is 431 g/mol. The van der Waals surface area contributed by atoms with Gasteiger partial charge in [-0.05, 0) is 23.6 Å². The zero-order valence-corrected chi connectivity index (χ0v) is 16.4. The number of benzene rings is 1. The van der Waals surface area contributed by atoms with Crippen LogP contribution < -0.4 is 16.6 Å². The van der Waals surface area contributed by atoms with Crippen molar-refractivity contribution in [3.05, 3.63) is 72.0 Å². The molecule has 8 heteroatoms. The maximum atomic E-state index is 12.8. The molecule has 3 heterocycles. The Balaban J connectivity index is 2.01. The van der Waals surface area contributed by atoms with E-state index in [-0.39, 0.29) is 12.5 Å². The van der Waals surface area contributed by atoms with Crippen LogP contribution in [0.25, 0.3) is 0 Å². The van der Waals surface area contributed by atoms with Crippen LogP contribution in [0.2, 0.25) is 0 Å². The van der Waals surface area contributed by atoms with Gasteiger partial charge in [-0.2, -0.15) is 0 Å². The summed E-state index contributed by atoms with van der Waals surface area (Å²) in [4.78, 5) is 40.0. The molecule has 7 nitrogen and oxygen atoms in total. The Hall–Kier alpha value is -2.61. The summed E-state index contributed by atoms with van der Waals surface area (Å²) in [6.07, 6.45) is 0. The first-order chi connectivity index (χ1) is 12.9. The van der Waals surface area contributed by atoms with Crippen LogP contribution in [-0.4, -0.2) is 22.1 Å². The van der Waals surface area contributed by atoms with Crippen molar-refractivity contribution >= 4 is 27.7 Å². The fraction of sp³-hybridized carbons (Fsp3) is 0.316. The predicted octanol–water partition coefficient (Wildman–Crippen LogP) is 2.32. The minimum atomic E-state index is -0.595. The first-order valence-corrected chi connectivity index (χ1v) is 9.45. The molecule has 0 saturated heterocycles. The van der Waals surface area contributed by atoms with Gasteiger partial charge in [0.25, 0.3) is 5.56 Å². The SMILES string of the molecule is CC(C)Cn1c2c(c(=O)[nH]c1=O)[C@H](c1ccc(Br)cc1)C1=C(COC1=O)N2. The van der Waals surface area contributed by atoms with Crippen LogP contribution in [-0.2, 0) is 16.1 Å². The Bertz CT molecular complexity index is 1080. The normalized spacial score (nSPS) is 18.2. The largest absolute Gasteiger partial charge is 0.456 e. The summed E-state index contributed by atoms with van der Waals surface area (Å²) >= 11 is 3.40. The molecular weight excluding hydrogens is 414 g/mol. The number of ether oxygens (including phenoxy) is 1. The van der Waals surface area contributed by atoms with Gasteiger partial charge in [-0.15, -0.1) is 0 Å². The van der Waals surface area contributed by atoms with E-state index in [4.69, 9.17) is 4.74 Å². The molecule has 2 aliphatic heterocycles. The van der Waals surface area contributed by atoms with Gasteiger partial charge in [-0.1, -0.05) is 41.9 Å². The average Bonchev–Trinajstić information content (AvgIpc) is 2.98. The molecule has 2 N–H and O–H groups in total.